The maximum absolute atomic E-state index is 14.4. The number of anilines is 2. The Morgan fingerprint density at radius 3 is 2.41 bits per heavy atom. The molecule has 1 saturated carbocycles. The van der Waals surface area contributed by atoms with E-state index in [1.807, 2.05) is 13.0 Å². The average Bonchev–Trinajstić information content (AvgIpc) is 3.61. The number of nitrogens with zero attached hydrogens (tertiary/aromatic N) is 6. The number of pyridine rings is 1. The Hall–Kier alpha value is -4.97. The van der Waals surface area contributed by atoms with E-state index in [1.165, 1.54) is 35.2 Å². The third-order valence-corrected chi connectivity index (χ3v) is 9.05. The van der Waals surface area contributed by atoms with Gasteiger partial charge >= 0.3 is 12.4 Å². The summed E-state index contributed by atoms with van der Waals surface area (Å²) in [5.41, 5.74) is -1.45. The zero-order valence-electron chi connectivity index (χ0n) is 26.6. The van der Waals surface area contributed by atoms with Gasteiger partial charge in [-0.15, -0.1) is 10.2 Å². The normalized spacial score (nSPS) is 15.6. The predicted octanol–water partition coefficient (Wildman–Crippen LogP) is 7.49. The summed E-state index contributed by atoms with van der Waals surface area (Å²) in [6.45, 7) is 1.97. The van der Waals surface area contributed by atoms with Gasteiger partial charge in [0.15, 0.2) is 5.82 Å². The van der Waals surface area contributed by atoms with Crippen molar-refractivity contribution in [1.29, 1.82) is 5.26 Å². The molecule has 256 valence electrons. The summed E-state index contributed by atoms with van der Waals surface area (Å²) >= 11 is 0. The van der Waals surface area contributed by atoms with Crippen LogP contribution in [0.15, 0.2) is 48.8 Å². The number of carbonyl (C=O) groups is 1. The second kappa shape index (κ2) is 12.8. The summed E-state index contributed by atoms with van der Waals surface area (Å²) in [4.78, 5) is 19.5. The Bertz CT molecular complexity index is 1940. The van der Waals surface area contributed by atoms with E-state index in [9.17, 15) is 31.1 Å². The van der Waals surface area contributed by atoms with E-state index in [0.29, 0.717) is 17.5 Å². The molecule has 6 rings (SSSR count). The minimum atomic E-state index is -4.75. The molecule has 2 N–H and O–H groups in total. The lowest BCUT2D eigenvalue weighted by atomic mass is 9.78. The molecule has 2 aromatic heterocycles. The first-order valence-corrected chi connectivity index (χ1v) is 15.7. The highest BCUT2D eigenvalue weighted by Gasteiger charge is 2.41. The van der Waals surface area contributed by atoms with Crippen LogP contribution in [0, 0.1) is 11.3 Å². The first-order valence-electron chi connectivity index (χ1n) is 15.7. The number of aromatic nitrogens is 4. The summed E-state index contributed by atoms with van der Waals surface area (Å²) in [6, 6.07) is 10.6. The molecule has 0 radical (unpaired) electrons. The minimum absolute atomic E-state index is 0.0578. The number of aryl methyl sites for hydroxylation is 1. The Balaban J connectivity index is 1.45. The summed E-state index contributed by atoms with van der Waals surface area (Å²) in [7, 11) is 1.63. The van der Waals surface area contributed by atoms with Crippen molar-refractivity contribution in [2.24, 2.45) is 7.05 Å². The molecule has 4 aromatic rings. The van der Waals surface area contributed by atoms with Gasteiger partial charge in [0.05, 0.1) is 23.7 Å². The van der Waals surface area contributed by atoms with Crippen LogP contribution < -0.4 is 15.5 Å². The van der Waals surface area contributed by atoms with Crippen molar-refractivity contribution in [3.8, 4) is 28.6 Å². The Labute approximate surface area is 278 Å². The van der Waals surface area contributed by atoms with Gasteiger partial charge in [-0.3, -0.25) is 9.69 Å². The number of hydrogen-bond donors (Lipinski definition) is 2. The summed E-state index contributed by atoms with van der Waals surface area (Å²) in [6.07, 6.45) is -4.58. The topological polar surface area (TPSA) is 112 Å². The van der Waals surface area contributed by atoms with Gasteiger partial charge < -0.3 is 15.2 Å². The molecular formula is C34H32F6N8O. The van der Waals surface area contributed by atoms with Gasteiger partial charge in [0.25, 0.3) is 5.91 Å². The van der Waals surface area contributed by atoms with E-state index in [4.69, 9.17) is 5.26 Å². The van der Waals surface area contributed by atoms with Crippen molar-refractivity contribution in [1.82, 2.24) is 25.1 Å². The average molecular weight is 683 g/mol. The van der Waals surface area contributed by atoms with E-state index in [0.717, 1.165) is 42.4 Å². The Kier molecular flexibility index (Phi) is 8.87. The van der Waals surface area contributed by atoms with Gasteiger partial charge in [0, 0.05) is 43.2 Å². The number of halogens is 6. The second-order valence-corrected chi connectivity index (χ2v) is 12.6. The van der Waals surface area contributed by atoms with Gasteiger partial charge in [0.2, 0.25) is 0 Å². The van der Waals surface area contributed by atoms with Crippen LogP contribution in [0.25, 0.3) is 22.5 Å². The molecule has 1 aliphatic heterocycles. The van der Waals surface area contributed by atoms with Crippen molar-refractivity contribution >= 4 is 17.5 Å². The van der Waals surface area contributed by atoms with Crippen molar-refractivity contribution in [2.45, 2.75) is 70.0 Å². The first kappa shape index (κ1) is 33.9. The highest BCUT2D eigenvalue weighted by Crippen LogP contribution is 2.42. The molecule has 1 fully saturated rings. The molecule has 3 heterocycles. The summed E-state index contributed by atoms with van der Waals surface area (Å²) in [5.74, 6) is -0.348. The van der Waals surface area contributed by atoms with Crippen LogP contribution in [0.5, 0.6) is 0 Å². The van der Waals surface area contributed by atoms with Crippen LogP contribution >= 0.6 is 0 Å². The van der Waals surface area contributed by atoms with Gasteiger partial charge in [-0.25, -0.2) is 4.98 Å². The number of unbranched alkanes of at least 4 members (excludes halogenated alkanes) is 1. The quantitative estimate of drug-likeness (QED) is 0.132. The molecule has 1 amide bonds. The number of carbonyl (C=O) groups excluding carboxylic acids is 1. The third kappa shape index (κ3) is 6.96. The number of fused-ring (bicyclic) bond motifs is 1. The van der Waals surface area contributed by atoms with Crippen molar-refractivity contribution in [3.63, 3.8) is 0 Å². The van der Waals surface area contributed by atoms with Crippen LogP contribution in [0.3, 0.4) is 0 Å². The maximum atomic E-state index is 14.4. The van der Waals surface area contributed by atoms with Crippen molar-refractivity contribution in [3.05, 3.63) is 76.6 Å². The number of rotatable bonds is 10. The molecule has 9 nitrogen and oxygen atoms in total. The molecule has 0 unspecified atom stereocenters. The van der Waals surface area contributed by atoms with Gasteiger partial charge in [-0.2, -0.15) is 31.6 Å². The predicted molar refractivity (Wildman–Crippen MR) is 169 cm³/mol. The highest BCUT2D eigenvalue weighted by molar-refractivity contribution is 6.10. The van der Waals surface area contributed by atoms with Gasteiger partial charge in [-0.1, -0.05) is 0 Å². The lowest BCUT2D eigenvalue weighted by Gasteiger charge is -2.39. The largest absolute Gasteiger partial charge is 0.416 e. The van der Waals surface area contributed by atoms with E-state index < -0.39 is 35.9 Å². The molecule has 0 spiro atoms. The van der Waals surface area contributed by atoms with Crippen molar-refractivity contribution < 1.29 is 31.1 Å². The summed E-state index contributed by atoms with van der Waals surface area (Å²) < 4.78 is 86.7. The lowest BCUT2D eigenvalue weighted by Crippen LogP contribution is -2.47. The monoisotopic (exact) mass is 682 g/mol. The third-order valence-electron chi connectivity index (χ3n) is 9.05. The molecular weight excluding hydrogens is 650 g/mol. The molecule has 0 saturated heterocycles. The first-order chi connectivity index (χ1) is 23.2. The Morgan fingerprint density at radius 1 is 1.00 bits per heavy atom. The Morgan fingerprint density at radius 2 is 1.78 bits per heavy atom. The van der Waals surface area contributed by atoms with Crippen molar-refractivity contribution in [2.75, 3.05) is 16.8 Å². The minimum Gasteiger partial charge on any atom is -0.370 e. The summed E-state index contributed by atoms with van der Waals surface area (Å²) in [5, 5.41) is 23.2. The number of benzene rings is 2. The molecule has 1 aliphatic carbocycles. The van der Waals surface area contributed by atoms with Crippen LogP contribution in [0.2, 0.25) is 0 Å². The maximum Gasteiger partial charge on any atom is 0.416 e. The van der Waals surface area contributed by atoms with E-state index in [-0.39, 0.29) is 64.8 Å². The lowest BCUT2D eigenvalue weighted by molar-refractivity contribution is -0.138. The second-order valence-electron chi connectivity index (χ2n) is 12.6. The zero-order chi connectivity index (χ0) is 35.1. The fourth-order valence-electron chi connectivity index (χ4n) is 6.17. The van der Waals surface area contributed by atoms with E-state index >= 15 is 0 Å². The van der Waals surface area contributed by atoms with Crippen LogP contribution in [-0.2, 0) is 32.5 Å². The molecule has 0 atom stereocenters. The number of alkyl halides is 6. The number of nitrogens with one attached hydrogen (secondary N) is 2. The van der Waals surface area contributed by atoms with Crippen LogP contribution in [-0.4, -0.2) is 37.7 Å². The van der Waals surface area contributed by atoms with Crippen LogP contribution in [0.1, 0.15) is 71.6 Å². The molecule has 2 aromatic carbocycles. The zero-order valence-corrected chi connectivity index (χ0v) is 26.6. The SMILES string of the molecule is Cn1cnnc1-c1ccc(C(F)(F)F)cc1-c1cc(NCCCC#N)nc(N2Cc3c(cc(CNC4(C)CCC4)cc3C(F)(F)F)C2=O)c1. The molecule has 2 aliphatic rings. The smallest absolute Gasteiger partial charge is 0.370 e. The van der Waals surface area contributed by atoms with E-state index in [2.05, 4.69) is 25.8 Å². The van der Waals surface area contributed by atoms with Crippen LogP contribution in [0.4, 0.5) is 38.0 Å². The molecule has 0 bridgehead atoms. The number of nitriles is 1. The van der Waals surface area contributed by atoms with E-state index in [1.54, 1.807) is 7.05 Å². The number of hydrogen-bond acceptors (Lipinski definition) is 7. The number of amides is 1. The van der Waals surface area contributed by atoms with Gasteiger partial charge in [0.1, 0.15) is 18.0 Å². The standard InChI is InChI=1S/C34H32F6N8O/c1-32(8-5-9-32)43-17-20-12-25-26(27(13-20)34(38,39)40)18-48(31(25)49)29-15-21(14-28(45-29)42-11-4-3-10-41)24-16-22(33(35,36)37)6-7-23(24)30-46-44-19-47(30)2/h6-7,12-16,19,43H,3-5,8-9,11,17-18H2,1-2H3,(H,42,45). The fraction of sp³-hybridized carbons (Fsp3) is 0.382. The molecule has 15 heteroatoms. The fourth-order valence-corrected chi connectivity index (χ4v) is 6.17. The highest BCUT2D eigenvalue weighted by atomic mass is 19.4. The molecule has 49 heavy (non-hydrogen) atoms. The van der Waals surface area contributed by atoms with Gasteiger partial charge in [-0.05, 0) is 97.3 Å².